The van der Waals surface area contributed by atoms with Crippen molar-refractivity contribution in [1.82, 2.24) is 4.98 Å². The first-order valence-electron chi connectivity index (χ1n) is 2.61. The molecule has 0 spiro atoms. The topological polar surface area (TPSA) is 26.0 Å². The Morgan fingerprint density at radius 2 is 1.78 bits per heavy atom. The minimum Gasteiger partial charge on any atom is -0.446 e. The van der Waals surface area contributed by atoms with Gasteiger partial charge >= 0.3 is 0 Å². The van der Waals surface area contributed by atoms with Crippen molar-refractivity contribution in [3.05, 3.63) is 17.3 Å². The van der Waals surface area contributed by atoms with Crippen molar-refractivity contribution in [2.24, 2.45) is 0 Å². The Kier molecular flexibility index (Phi) is 2.43. The van der Waals surface area contributed by atoms with E-state index < -0.39 is 0 Å². The lowest BCUT2D eigenvalue weighted by molar-refractivity contribution is 0.493. The molecule has 0 aliphatic carbocycles. The second-order valence-electron chi connectivity index (χ2n) is 1.87. The molecule has 0 amide bonds. The van der Waals surface area contributed by atoms with Crippen molar-refractivity contribution in [1.29, 1.82) is 0 Å². The number of hydrogen-bond donors (Lipinski definition) is 0. The van der Waals surface area contributed by atoms with Crippen LogP contribution in [0.2, 0.25) is 0 Å². The first kappa shape index (κ1) is 8.21. The molecular formula is C7H13NO. The normalized spacial score (nSPS) is 8.78. The molecule has 0 aliphatic heterocycles. The number of aryl methyl sites for hydroxylation is 3. The molecule has 0 unspecified atom stereocenters. The lowest BCUT2D eigenvalue weighted by atomic mass is 10.4. The van der Waals surface area contributed by atoms with Crippen LogP contribution >= 0.6 is 0 Å². The molecule has 0 aromatic carbocycles. The van der Waals surface area contributed by atoms with Crippen molar-refractivity contribution in [2.45, 2.75) is 28.2 Å². The largest absolute Gasteiger partial charge is 0.446 e. The molecule has 52 valence electrons. The summed E-state index contributed by atoms with van der Waals surface area (Å²) in [6.45, 7) is 5.70. The van der Waals surface area contributed by atoms with Gasteiger partial charge in [0.2, 0.25) is 0 Å². The highest BCUT2D eigenvalue weighted by atomic mass is 16.4. The Balaban J connectivity index is 0.000000640. The molecule has 1 aromatic rings. The predicted octanol–water partition coefficient (Wildman–Crippen LogP) is 2.24. The molecule has 1 heterocycles. The zero-order valence-electron chi connectivity index (χ0n) is 5.36. The Bertz CT molecular complexity index is 171. The molecule has 0 saturated carbocycles. The third kappa shape index (κ3) is 1.56. The predicted molar refractivity (Wildman–Crippen MR) is 37.4 cm³/mol. The van der Waals surface area contributed by atoms with Gasteiger partial charge in [0.25, 0.3) is 0 Å². The van der Waals surface area contributed by atoms with Crippen LogP contribution in [0.5, 0.6) is 0 Å². The fourth-order valence-electron chi connectivity index (χ4n) is 0.633. The second-order valence-corrected chi connectivity index (χ2v) is 1.87. The minimum atomic E-state index is 0. The smallest absolute Gasteiger partial charge is 0.191 e. The van der Waals surface area contributed by atoms with Crippen molar-refractivity contribution >= 4 is 0 Å². The van der Waals surface area contributed by atoms with Crippen LogP contribution in [0.15, 0.2) is 4.42 Å². The standard InChI is InChI=1S/C6H9NO.CH4/c1-4-5(2)8-6(3)7-4;/h1-3H3;1H4. The molecule has 9 heavy (non-hydrogen) atoms. The van der Waals surface area contributed by atoms with Crippen molar-refractivity contribution < 1.29 is 4.42 Å². The van der Waals surface area contributed by atoms with Gasteiger partial charge in [0.15, 0.2) is 5.89 Å². The number of aromatic nitrogens is 1. The van der Waals surface area contributed by atoms with Crippen LogP contribution in [0.1, 0.15) is 24.8 Å². The van der Waals surface area contributed by atoms with E-state index in [1.807, 2.05) is 20.8 Å². The van der Waals surface area contributed by atoms with E-state index in [0.29, 0.717) is 0 Å². The molecule has 2 nitrogen and oxygen atoms in total. The monoisotopic (exact) mass is 127 g/mol. The van der Waals surface area contributed by atoms with E-state index in [-0.39, 0.29) is 7.43 Å². The molecule has 0 aliphatic rings. The summed E-state index contributed by atoms with van der Waals surface area (Å²) in [6, 6.07) is 0. The van der Waals surface area contributed by atoms with E-state index in [9.17, 15) is 0 Å². The summed E-state index contributed by atoms with van der Waals surface area (Å²) in [5.41, 5.74) is 0.988. The van der Waals surface area contributed by atoms with E-state index in [0.717, 1.165) is 17.3 Å². The first-order valence-corrected chi connectivity index (χ1v) is 2.61. The van der Waals surface area contributed by atoms with Crippen LogP contribution in [-0.2, 0) is 0 Å². The van der Waals surface area contributed by atoms with Gasteiger partial charge in [-0.05, 0) is 13.8 Å². The third-order valence-corrected chi connectivity index (χ3v) is 1.14. The fourth-order valence-corrected chi connectivity index (χ4v) is 0.633. The van der Waals surface area contributed by atoms with E-state index in [1.54, 1.807) is 0 Å². The summed E-state index contributed by atoms with van der Waals surface area (Å²) in [5.74, 6) is 1.67. The van der Waals surface area contributed by atoms with Gasteiger partial charge in [-0.3, -0.25) is 0 Å². The highest BCUT2D eigenvalue weighted by Gasteiger charge is 1.97. The molecule has 0 atom stereocenters. The number of hydrogen-bond acceptors (Lipinski definition) is 2. The van der Waals surface area contributed by atoms with Gasteiger partial charge < -0.3 is 4.42 Å². The summed E-state index contributed by atoms with van der Waals surface area (Å²) in [4.78, 5) is 4.04. The van der Waals surface area contributed by atoms with E-state index in [4.69, 9.17) is 4.42 Å². The van der Waals surface area contributed by atoms with Crippen molar-refractivity contribution in [3.8, 4) is 0 Å². The molecule has 0 fully saturated rings. The van der Waals surface area contributed by atoms with E-state index in [1.165, 1.54) is 0 Å². The zero-order chi connectivity index (χ0) is 6.15. The van der Waals surface area contributed by atoms with Gasteiger partial charge in [-0.2, -0.15) is 0 Å². The van der Waals surface area contributed by atoms with Gasteiger partial charge in [0, 0.05) is 6.92 Å². The molecule has 0 bridgehead atoms. The van der Waals surface area contributed by atoms with Crippen LogP contribution in [0.25, 0.3) is 0 Å². The van der Waals surface area contributed by atoms with Crippen LogP contribution in [0, 0.1) is 20.8 Å². The average Bonchev–Trinajstić information content (AvgIpc) is 1.85. The minimum absolute atomic E-state index is 0. The number of oxazole rings is 1. The summed E-state index contributed by atoms with van der Waals surface area (Å²) in [6.07, 6.45) is 0. The summed E-state index contributed by atoms with van der Waals surface area (Å²) in [5, 5.41) is 0. The Morgan fingerprint density at radius 3 is 1.89 bits per heavy atom. The Hall–Kier alpha value is -0.790. The van der Waals surface area contributed by atoms with Gasteiger partial charge in [-0.15, -0.1) is 0 Å². The maximum Gasteiger partial charge on any atom is 0.191 e. The maximum atomic E-state index is 5.10. The maximum absolute atomic E-state index is 5.10. The quantitative estimate of drug-likeness (QED) is 0.534. The highest BCUT2D eigenvalue weighted by Crippen LogP contribution is 2.05. The Labute approximate surface area is 55.9 Å². The SMILES string of the molecule is C.Cc1nc(C)c(C)o1. The van der Waals surface area contributed by atoms with Gasteiger partial charge in [-0.1, -0.05) is 7.43 Å². The van der Waals surface area contributed by atoms with Crippen LogP contribution < -0.4 is 0 Å². The molecule has 1 rings (SSSR count). The van der Waals surface area contributed by atoms with Crippen molar-refractivity contribution in [2.75, 3.05) is 0 Å². The second kappa shape index (κ2) is 2.67. The molecule has 0 N–H and O–H groups in total. The van der Waals surface area contributed by atoms with Gasteiger partial charge in [0.1, 0.15) is 5.76 Å². The van der Waals surface area contributed by atoms with E-state index in [2.05, 4.69) is 4.98 Å². The fraction of sp³-hybridized carbons (Fsp3) is 0.571. The lowest BCUT2D eigenvalue weighted by Crippen LogP contribution is -1.71. The Morgan fingerprint density at radius 1 is 1.22 bits per heavy atom. The molecule has 0 saturated heterocycles. The molecule has 1 aromatic heterocycles. The molecular weight excluding hydrogens is 114 g/mol. The zero-order valence-corrected chi connectivity index (χ0v) is 5.36. The summed E-state index contributed by atoms with van der Waals surface area (Å²) in [7, 11) is 0. The third-order valence-electron chi connectivity index (χ3n) is 1.14. The molecule has 0 radical (unpaired) electrons. The first-order chi connectivity index (χ1) is 3.70. The molecule has 2 heteroatoms. The van der Waals surface area contributed by atoms with E-state index >= 15 is 0 Å². The lowest BCUT2D eigenvalue weighted by Gasteiger charge is -1.77. The van der Waals surface area contributed by atoms with Crippen LogP contribution in [0.4, 0.5) is 0 Å². The van der Waals surface area contributed by atoms with Gasteiger partial charge in [0.05, 0.1) is 5.69 Å². The van der Waals surface area contributed by atoms with Crippen molar-refractivity contribution in [3.63, 3.8) is 0 Å². The number of rotatable bonds is 0. The van der Waals surface area contributed by atoms with Gasteiger partial charge in [-0.25, -0.2) is 4.98 Å². The van der Waals surface area contributed by atoms with Crippen LogP contribution in [0.3, 0.4) is 0 Å². The summed E-state index contributed by atoms with van der Waals surface area (Å²) >= 11 is 0. The average molecular weight is 127 g/mol. The summed E-state index contributed by atoms with van der Waals surface area (Å²) < 4.78 is 5.10. The highest BCUT2D eigenvalue weighted by molar-refractivity contribution is 5.03. The number of nitrogens with zero attached hydrogens (tertiary/aromatic N) is 1. The van der Waals surface area contributed by atoms with Crippen LogP contribution in [-0.4, -0.2) is 4.98 Å².